The molecule has 0 amide bonds. The summed E-state index contributed by atoms with van der Waals surface area (Å²) in [5.74, 6) is 0.521. The highest BCUT2D eigenvalue weighted by Crippen LogP contribution is 2.45. The van der Waals surface area contributed by atoms with Gasteiger partial charge < -0.3 is 14.8 Å². The summed E-state index contributed by atoms with van der Waals surface area (Å²) in [4.78, 5) is 12.2. The van der Waals surface area contributed by atoms with E-state index in [1.165, 1.54) is 0 Å². The van der Waals surface area contributed by atoms with E-state index in [1.807, 2.05) is 31.2 Å². The zero-order valence-electron chi connectivity index (χ0n) is 12.4. The van der Waals surface area contributed by atoms with Crippen molar-refractivity contribution in [3.8, 4) is 5.75 Å². The Bertz CT molecular complexity index is 475. The summed E-state index contributed by atoms with van der Waals surface area (Å²) in [5, 5.41) is 3.31. The third-order valence-corrected chi connectivity index (χ3v) is 3.90. The van der Waals surface area contributed by atoms with Gasteiger partial charge in [-0.2, -0.15) is 0 Å². The number of hydrogen-bond acceptors (Lipinski definition) is 4. The van der Waals surface area contributed by atoms with Crippen LogP contribution in [0.3, 0.4) is 0 Å². The van der Waals surface area contributed by atoms with Gasteiger partial charge in [0.1, 0.15) is 5.75 Å². The molecule has 0 saturated heterocycles. The molecule has 4 heteroatoms. The van der Waals surface area contributed by atoms with Crippen LogP contribution >= 0.6 is 0 Å². The molecule has 20 heavy (non-hydrogen) atoms. The first kappa shape index (κ1) is 14.9. The van der Waals surface area contributed by atoms with Crippen molar-refractivity contribution in [1.29, 1.82) is 0 Å². The molecule has 0 aromatic heterocycles. The standard InChI is InChI=1S/C16H23NO3/c1-4-17-11-10-16(3)12-8-6-7-9-13(12)20-14(16)15(18)19-5-2/h6-9,14,17H,4-5,10-11H2,1-3H3. The Kier molecular flexibility index (Phi) is 4.65. The van der Waals surface area contributed by atoms with E-state index in [4.69, 9.17) is 9.47 Å². The smallest absolute Gasteiger partial charge is 0.348 e. The lowest BCUT2D eigenvalue weighted by Gasteiger charge is -2.29. The second-order valence-corrected chi connectivity index (χ2v) is 5.27. The molecule has 1 aliphatic rings. The molecule has 1 heterocycles. The largest absolute Gasteiger partial charge is 0.477 e. The summed E-state index contributed by atoms with van der Waals surface area (Å²) in [5.41, 5.74) is 0.751. The Balaban J connectivity index is 2.27. The van der Waals surface area contributed by atoms with Crippen LogP contribution < -0.4 is 10.1 Å². The number of benzene rings is 1. The molecule has 0 fully saturated rings. The molecule has 1 aliphatic heterocycles. The van der Waals surface area contributed by atoms with Gasteiger partial charge in [0.25, 0.3) is 0 Å². The second kappa shape index (κ2) is 6.27. The van der Waals surface area contributed by atoms with Crippen LogP contribution in [-0.4, -0.2) is 31.8 Å². The summed E-state index contributed by atoms with van der Waals surface area (Å²) in [6, 6.07) is 7.87. The number of hydrogen-bond donors (Lipinski definition) is 1. The SMILES string of the molecule is CCNCCC1(C)c2ccccc2OC1C(=O)OCC. The highest BCUT2D eigenvalue weighted by molar-refractivity contribution is 5.79. The van der Waals surface area contributed by atoms with Crippen LogP contribution in [0.25, 0.3) is 0 Å². The minimum absolute atomic E-state index is 0.275. The molecule has 1 aromatic rings. The minimum atomic E-state index is -0.557. The van der Waals surface area contributed by atoms with Crippen molar-refractivity contribution in [3.63, 3.8) is 0 Å². The van der Waals surface area contributed by atoms with Gasteiger partial charge in [-0.25, -0.2) is 4.79 Å². The van der Waals surface area contributed by atoms with Crippen molar-refractivity contribution in [3.05, 3.63) is 29.8 Å². The van der Waals surface area contributed by atoms with Crippen molar-refractivity contribution >= 4 is 5.97 Å². The molecule has 2 atom stereocenters. The predicted molar refractivity (Wildman–Crippen MR) is 78.0 cm³/mol. The Morgan fingerprint density at radius 1 is 1.40 bits per heavy atom. The van der Waals surface area contributed by atoms with E-state index in [0.717, 1.165) is 30.8 Å². The van der Waals surface area contributed by atoms with Crippen LogP contribution in [0.2, 0.25) is 0 Å². The lowest BCUT2D eigenvalue weighted by Crippen LogP contribution is -2.44. The molecule has 1 N–H and O–H groups in total. The third-order valence-electron chi connectivity index (χ3n) is 3.90. The quantitative estimate of drug-likeness (QED) is 0.640. The summed E-state index contributed by atoms with van der Waals surface area (Å²) in [6.45, 7) is 8.11. The van der Waals surface area contributed by atoms with Gasteiger partial charge in [-0.05, 0) is 32.5 Å². The first-order valence-corrected chi connectivity index (χ1v) is 7.27. The second-order valence-electron chi connectivity index (χ2n) is 5.27. The number of nitrogens with one attached hydrogen (secondary N) is 1. The highest BCUT2D eigenvalue weighted by Gasteiger charge is 2.49. The molecule has 2 rings (SSSR count). The maximum absolute atomic E-state index is 12.2. The van der Waals surface area contributed by atoms with Crippen molar-refractivity contribution < 1.29 is 14.3 Å². The maximum atomic E-state index is 12.2. The van der Waals surface area contributed by atoms with Crippen LogP contribution in [0, 0.1) is 0 Å². The van der Waals surface area contributed by atoms with E-state index in [9.17, 15) is 4.79 Å². The zero-order chi connectivity index (χ0) is 14.6. The van der Waals surface area contributed by atoms with Crippen LogP contribution in [-0.2, 0) is 14.9 Å². The topological polar surface area (TPSA) is 47.6 Å². The molecule has 0 radical (unpaired) electrons. The van der Waals surface area contributed by atoms with E-state index < -0.39 is 6.10 Å². The average molecular weight is 277 g/mol. The number of rotatable bonds is 6. The number of carbonyl (C=O) groups is 1. The molecular weight excluding hydrogens is 254 g/mol. The van der Waals surface area contributed by atoms with Gasteiger partial charge in [0.2, 0.25) is 6.10 Å². The van der Waals surface area contributed by atoms with E-state index >= 15 is 0 Å². The third kappa shape index (κ3) is 2.66. The van der Waals surface area contributed by atoms with Gasteiger partial charge in [-0.3, -0.25) is 0 Å². The Morgan fingerprint density at radius 3 is 2.85 bits per heavy atom. The van der Waals surface area contributed by atoms with E-state index in [2.05, 4.69) is 19.2 Å². The van der Waals surface area contributed by atoms with Crippen LogP contribution in [0.5, 0.6) is 5.75 Å². The Hall–Kier alpha value is -1.55. The van der Waals surface area contributed by atoms with Crippen molar-refractivity contribution in [2.75, 3.05) is 19.7 Å². The molecule has 0 aliphatic carbocycles. The summed E-state index contributed by atoms with van der Waals surface area (Å²) >= 11 is 0. The Labute approximate surface area is 120 Å². The number of fused-ring (bicyclic) bond motifs is 1. The zero-order valence-corrected chi connectivity index (χ0v) is 12.4. The van der Waals surface area contributed by atoms with Gasteiger partial charge in [0, 0.05) is 11.0 Å². The average Bonchev–Trinajstić information content (AvgIpc) is 2.74. The summed E-state index contributed by atoms with van der Waals surface area (Å²) < 4.78 is 11.0. The molecular formula is C16H23NO3. The molecule has 0 spiro atoms. The van der Waals surface area contributed by atoms with Crippen LogP contribution in [0.1, 0.15) is 32.8 Å². The fourth-order valence-corrected chi connectivity index (χ4v) is 2.76. The van der Waals surface area contributed by atoms with Crippen LogP contribution in [0.4, 0.5) is 0 Å². The van der Waals surface area contributed by atoms with Crippen molar-refractivity contribution in [2.24, 2.45) is 0 Å². The molecule has 110 valence electrons. The first-order valence-electron chi connectivity index (χ1n) is 7.27. The Morgan fingerprint density at radius 2 is 2.15 bits per heavy atom. The maximum Gasteiger partial charge on any atom is 0.348 e. The van der Waals surface area contributed by atoms with E-state index in [0.29, 0.717) is 6.61 Å². The van der Waals surface area contributed by atoms with Gasteiger partial charge >= 0.3 is 5.97 Å². The van der Waals surface area contributed by atoms with Gasteiger partial charge in [0.05, 0.1) is 6.61 Å². The lowest BCUT2D eigenvalue weighted by atomic mass is 9.76. The number of para-hydroxylation sites is 1. The minimum Gasteiger partial charge on any atom is -0.477 e. The van der Waals surface area contributed by atoms with Gasteiger partial charge in [-0.15, -0.1) is 0 Å². The number of carbonyl (C=O) groups excluding carboxylic acids is 1. The van der Waals surface area contributed by atoms with Crippen molar-refractivity contribution in [1.82, 2.24) is 5.32 Å². The molecule has 1 aromatic carbocycles. The monoisotopic (exact) mass is 277 g/mol. The van der Waals surface area contributed by atoms with E-state index in [1.54, 1.807) is 0 Å². The molecule has 0 bridgehead atoms. The number of esters is 1. The highest BCUT2D eigenvalue weighted by atomic mass is 16.6. The van der Waals surface area contributed by atoms with Gasteiger partial charge in [-0.1, -0.05) is 32.0 Å². The summed E-state index contributed by atoms with van der Waals surface area (Å²) in [6.07, 6.45) is 0.278. The predicted octanol–water partition coefficient (Wildman–Crippen LogP) is 2.27. The summed E-state index contributed by atoms with van der Waals surface area (Å²) in [7, 11) is 0. The van der Waals surface area contributed by atoms with Gasteiger partial charge in [0.15, 0.2) is 0 Å². The van der Waals surface area contributed by atoms with E-state index in [-0.39, 0.29) is 11.4 Å². The number of ether oxygens (including phenoxy) is 2. The fraction of sp³-hybridized carbons (Fsp3) is 0.562. The first-order chi connectivity index (χ1) is 9.63. The fourth-order valence-electron chi connectivity index (χ4n) is 2.76. The normalized spacial score (nSPS) is 24.1. The lowest BCUT2D eigenvalue weighted by molar-refractivity contribution is -0.153. The van der Waals surface area contributed by atoms with Crippen LogP contribution in [0.15, 0.2) is 24.3 Å². The molecule has 2 unspecified atom stereocenters. The van der Waals surface area contributed by atoms with Crippen molar-refractivity contribution in [2.45, 2.75) is 38.7 Å². The molecule has 0 saturated carbocycles. The molecule has 4 nitrogen and oxygen atoms in total.